The highest BCUT2D eigenvalue weighted by Crippen LogP contribution is 2.21. The SMILES string of the molecule is Cc1ccccc1OCCN(C)C(=O)C1CCCN(C(=O)Nc2ccccc2F)C1. The Balaban J connectivity index is 1.50. The number of amides is 3. The van der Waals surface area contributed by atoms with E-state index in [1.165, 1.54) is 12.1 Å². The van der Waals surface area contributed by atoms with Gasteiger partial charge in [0.1, 0.15) is 18.2 Å². The van der Waals surface area contributed by atoms with Crippen LogP contribution < -0.4 is 10.1 Å². The standard InChI is InChI=1S/C23H28FN3O3/c1-17-8-3-6-12-21(17)30-15-14-26(2)22(28)18-9-7-13-27(16-18)23(29)25-20-11-5-4-10-19(20)24/h3-6,8,10-12,18H,7,9,13-16H2,1-2H3,(H,25,29). The van der Waals surface area contributed by atoms with Gasteiger partial charge >= 0.3 is 6.03 Å². The average molecular weight is 413 g/mol. The number of halogens is 1. The third kappa shape index (κ3) is 5.49. The molecule has 1 unspecified atom stereocenters. The Bertz CT molecular complexity index is 890. The van der Waals surface area contributed by atoms with E-state index in [9.17, 15) is 14.0 Å². The molecule has 0 aliphatic carbocycles. The van der Waals surface area contributed by atoms with Gasteiger partial charge in [0.2, 0.25) is 5.91 Å². The van der Waals surface area contributed by atoms with Crippen LogP contribution >= 0.6 is 0 Å². The van der Waals surface area contributed by atoms with E-state index in [0.717, 1.165) is 24.2 Å². The van der Waals surface area contributed by atoms with Gasteiger partial charge in [-0.2, -0.15) is 0 Å². The van der Waals surface area contributed by atoms with Crippen molar-refractivity contribution in [2.45, 2.75) is 19.8 Å². The van der Waals surface area contributed by atoms with E-state index >= 15 is 0 Å². The molecule has 7 heteroatoms. The van der Waals surface area contributed by atoms with Crippen molar-refractivity contribution >= 4 is 17.6 Å². The van der Waals surface area contributed by atoms with Gasteiger partial charge in [-0.1, -0.05) is 30.3 Å². The van der Waals surface area contributed by atoms with Crippen molar-refractivity contribution in [2.24, 2.45) is 5.92 Å². The van der Waals surface area contributed by atoms with Crippen molar-refractivity contribution in [1.29, 1.82) is 0 Å². The summed E-state index contributed by atoms with van der Waals surface area (Å²) in [6, 6.07) is 13.4. The highest BCUT2D eigenvalue weighted by molar-refractivity contribution is 5.90. The van der Waals surface area contributed by atoms with E-state index in [4.69, 9.17) is 4.74 Å². The van der Waals surface area contributed by atoms with Gasteiger partial charge in [0.25, 0.3) is 0 Å². The number of hydrogen-bond acceptors (Lipinski definition) is 3. The quantitative estimate of drug-likeness (QED) is 0.781. The zero-order chi connectivity index (χ0) is 21.5. The minimum Gasteiger partial charge on any atom is -0.491 e. The molecule has 1 heterocycles. The molecular formula is C23H28FN3O3. The lowest BCUT2D eigenvalue weighted by molar-refractivity contribution is -0.135. The Morgan fingerprint density at radius 1 is 1.20 bits per heavy atom. The van der Waals surface area contributed by atoms with Crippen LogP contribution in [0.4, 0.5) is 14.9 Å². The minimum atomic E-state index is -0.483. The Labute approximate surface area is 176 Å². The molecular weight excluding hydrogens is 385 g/mol. The van der Waals surface area contributed by atoms with Crippen molar-refractivity contribution in [3.63, 3.8) is 0 Å². The molecule has 1 N–H and O–H groups in total. The van der Waals surface area contributed by atoms with Crippen LogP contribution in [0.3, 0.4) is 0 Å². The number of nitrogens with zero attached hydrogens (tertiary/aromatic N) is 2. The number of hydrogen-bond donors (Lipinski definition) is 1. The lowest BCUT2D eigenvalue weighted by Gasteiger charge is -2.34. The largest absolute Gasteiger partial charge is 0.491 e. The van der Waals surface area contributed by atoms with Crippen molar-refractivity contribution < 1.29 is 18.7 Å². The predicted octanol–water partition coefficient (Wildman–Crippen LogP) is 3.92. The second-order valence-electron chi connectivity index (χ2n) is 7.57. The number of likely N-dealkylation sites (N-methyl/N-ethyl adjacent to an activating group) is 1. The van der Waals surface area contributed by atoms with E-state index < -0.39 is 5.82 Å². The molecule has 1 aliphatic rings. The fraction of sp³-hybridized carbons (Fsp3) is 0.391. The van der Waals surface area contributed by atoms with Crippen LogP contribution in [0.25, 0.3) is 0 Å². The van der Waals surface area contributed by atoms with Crippen LogP contribution in [0.5, 0.6) is 5.75 Å². The van der Waals surface area contributed by atoms with Crippen molar-refractivity contribution in [2.75, 3.05) is 38.6 Å². The Kier molecular flexibility index (Phi) is 7.27. The topological polar surface area (TPSA) is 61.9 Å². The molecule has 30 heavy (non-hydrogen) atoms. The first-order valence-electron chi connectivity index (χ1n) is 10.2. The summed E-state index contributed by atoms with van der Waals surface area (Å²) in [6.07, 6.45) is 1.46. The maximum Gasteiger partial charge on any atom is 0.321 e. The highest BCUT2D eigenvalue weighted by Gasteiger charge is 2.30. The molecule has 0 spiro atoms. The first-order valence-corrected chi connectivity index (χ1v) is 10.2. The van der Waals surface area contributed by atoms with E-state index in [1.54, 1.807) is 29.0 Å². The number of carbonyl (C=O) groups excluding carboxylic acids is 2. The zero-order valence-corrected chi connectivity index (χ0v) is 17.4. The van der Waals surface area contributed by atoms with Crippen LogP contribution in [-0.2, 0) is 4.79 Å². The second-order valence-corrected chi connectivity index (χ2v) is 7.57. The number of ether oxygens (including phenoxy) is 1. The predicted molar refractivity (Wildman–Crippen MR) is 114 cm³/mol. The average Bonchev–Trinajstić information content (AvgIpc) is 2.76. The van der Waals surface area contributed by atoms with Gasteiger partial charge in [-0.3, -0.25) is 4.79 Å². The number of piperidine rings is 1. The number of rotatable bonds is 6. The molecule has 6 nitrogen and oxygen atoms in total. The van der Waals surface area contributed by atoms with Crippen LogP contribution in [0.15, 0.2) is 48.5 Å². The number of likely N-dealkylation sites (tertiary alicyclic amines) is 1. The normalized spacial score (nSPS) is 16.1. The monoisotopic (exact) mass is 413 g/mol. The molecule has 160 valence electrons. The molecule has 1 aliphatic heterocycles. The van der Waals surface area contributed by atoms with Gasteiger partial charge < -0.3 is 19.9 Å². The Morgan fingerprint density at radius 3 is 2.70 bits per heavy atom. The van der Waals surface area contributed by atoms with Crippen LogP contribution in [0.1, 0.15) is 18.4 Å². The van der Waals surface area contributed by atoms with E-state index in [-0.39, 0.29) is 23.5 Å². The summed E-state index contributed by atoms with van der Waals surface area (Å²) >= 11 is 0. The summed E-state index contributed by atoms with van der Waals surface area (Å²) in [5, 5.41) is 2.59. The van der Waals surface area contributed by atoms with Gasteiger partial charge in [-0.05, 0) is 43.5 Å². The molecule has 3 rings (SSSR count). The molecule has 0 bridgehead atoms. The van der Waals surface area contributed by atoms with Crippen molar-refractivity contribution in [3.05, 3.63) is 59.9 Å². The van der Waals surface area contributed by atoms with Crippen LogP contribution in [0, 0.1) is 18.7 Å². The number of para-hydroxylation sites is 2. The molecule has 0 saturated carbocycles. The molecule has 1 fully saturated rings. The molecule has 0 aromatic heterocycles. The smallest absolute Gasteiger partial charge is 0.321 e. The first-order chi connectivity index (χ1) is 14.5. The van der Waals surface area contributed by atoms with Crippen LogP contribution in [-0.4, -0.2) is 55.0 Å². The summed E-state index contributed by atoms with van der Waals surface area (Å²) in [7, 11) is 1.75. The van der Waals surface area contributed by atoms with Gasteiger partial charge in [0.05, 0.1) is 18.2 Å². The Morgan fingerprint density at radius 2 is 1.93 bits per heavy atom. The van der Waals surface area contributed by atoms with Crippen molar-refractivity contribution in [1.82, 2.24) is 9.80 Å². The van der Waals surface area contributed by atoms with E-state index in [1.807, 2.05) is 31.2 Å². The zero-order valence-electron chi connectivity index (χ0n) is 17.4. The summed E-state index contributed by atoms with van der Waals surface area (Å²) < 4.78 is 19.6. The lowest BCUT2D eigenvalue weighted by atomic mass is 9.97. The summed E-state index contributed by atoms with van der Waals surface area (Å²) in [5.74, 6) is 0.0521. The first kappa shape index (κ1) is 21.6. The molecule has 0 radical (unpaired) electrons. The fourth-order valence-corrected chi connectivity index (χ4v) is 3.55. The summed E-state index contributed by atoms with van der Waals surface area (Å²) in [4.78, 5) is 28.6. The molecule has 1 atom stereocenters. The second kappa shape index (κ2) is 10.1. The molecule has 2 aromatic carbocycles. The minimum absolute atomic E-state index is 0.00762. The van der Waals surface area contributed by atoms with Gasteiger partial charge in [-0.25, -0.2) is 9.18 Å². The number of nitrogens with one attached hydrogen (secondary N) is 1. The summed E-state index contributed by atoms with van der Waals surface area (Å²) in [5.41, 5.74) is 1.19. The lowest BCUT2D eigenvalue weighted by Crippen LogP contribution is -2.47. The third-order valence-corrected chi connectivity index (χ3v) is 5.33. The summed E-state index contributed by atoms with van der Waals surface area (Å²) in [6.45, 7) is 3.71. The number of carbonyl (C=O) groups is 2. The van der Waals surface area contributed by atoms with Crippen molar-refractivity contribution in [3.8, 4) is 5.75 Å². The number of urea groups is 1. The van der Waals surface area contributed by atoms with Gasteiger partial charge in [-0.15, -0.1) is 0 Å². The fourth-order valence-electron chi connectivity index (χ4n) is 3.55. The maximum absolute atomic E-state index is 13.8. The van der Waals surface area contributed by atoms with Gasteiger partial charge in [0, 0.05) is 20.1 Å². The van der Waals surface area contributed by atoms with Gasteiger partial charge in [0.15, 0.2) is 0 Å². The molecule has 3 amide bonds. The number of aryl methyl sites for hydroxylation is 1. The maximum atomic E-state index is 13.8. The van der Waals surface area contributed by atoms with E-state index in [0.29, 0.717) is 26.2 Å². The molecule has 2 aromatic rings. The Hall–Kier alpha value is -3.09. The third-order valence-electron chi connectivity index (χ3n) is 5.33. The molecule has 1 saturated heterocycles. The number of anilines is 1. The van der Waals surface area contributed by atoms with E-state index in [2.05, 4.69) is 5.32 Å². The number of benzene rings is 2. The highest BCUT2D eigenvalue weighted by atomic mass is 19.1. The van der Waals surface area contributed by atoms with Crippen LogP contribution in [0.2, 0.25) is 0 Å².